The number of hydrogen-bond donors (Lipinski definition) is 1. The summed E-state index contributed by atoms with van der Waals surface area (Å²) in [5.41, 5.74) is 0. The standard InChI is InChI=1S/C20H33N3O3/c1-14(2)11-23(12-15(3)4)19(24)10-18-20(25)21-8-9-22(18)13-17-7-6-16(5)26-17/h6-7,14-15,18H,8-13H2,1-5H3,(H,21,25)/t18-/m0/s1. The number of nitrogens with zero attached hydrogens (tertiary/aromatic N) is 2. The van der Waals surface area contributed by atoms with Crippen LogP contribution in [0.15, 0.2) is 16.5 Å². The first-order valence-corrected chi connectivity index (χ1v) is 9.61. The van der Waals surface area contributed by atoms with Crippen molar-refractivity contribution in [3.8, 4) is 0 Å². The molecule has 6 heteroatoms. The van der Waals surface area contributed by atoms with Crippen molar-refractivity contribution in [2.24, 2.45) is 11.8 Å². The average molecular weight is 364 g/mol. The molecule has 0 spiro atoms. The molecule has 0 aromatic carbocycles. The lowest BCUT2D eigenvalue weighted by atomic mass is 10.1. The summed E-state index contributed by atoms with van der Waals surface area (Å²) in [6.07, 6.45) is 0.213. The number of amides is 2. The zero-order valence-corrected chi connectivity index (χ0v) is 16.7. The largest absolute Gasteiger partial charge is 0.465 e. The van der Waals surface area contributed by atoms with E-state index in [9.17, 15) is 9.59 Å². The molecule has 146 valence electrons. The molecule has 0 unspecified atom stereocenters. The summed E-state index contributed by atoms with van der Waals surface area (Å²) >= 11 is 0. The zero-order chi connectivity index (χ0) is 19.3. The Morgan fingerprint density at radius 3 is 2.46 bits per heavy atom. The van der Waals surface area contributed by atoms with E-state index in [1.54, 1.807) is 0 Å². The lowest BCUT2D eigenvalue weighted by molar-refractivity contribution is -0.139. The highest BCUT2D eigenvalue weighted by Crippen LogP contribution is 2.17. The summed E-state index contributed by atoms with van der Waals surface area (Å²) < 4.78 is 5.66. The van der Waals surface area contributed by atoms with Gasteiger partial charge in [-0.1, -0.05) is 27.7 Å². The Kier molecular flexibility index (Phi) is 7.26. The van der Waals surface area contributed by atoms with Crippen LogP contribution in [0.1, 0.15) is 45.6 Å². The summed E-state index contributed by atoms with van der Waals surface area (Å²) in [7, 11) is 0. The van der Waals surface area contributed by atoms with Crippen LogP contribution in [0.5, 0.6) is 0 Å². The van der Waals surface area contributed by atoms with Gasteiger partial charge in [0.1, 0.15) is 11.5 Å². The summed E-state index contributed by atoms with van der Waals surface area (Å²) in [4.78, 5) is 29.3. The van der Waals surface area contributed by atoms with Crippen LogP contribution < -0.4 is 5.32 Å². The molecule has 1 atom stereocenters. The molecule has 2 heterocycles. The Hall–Kier alpha value is -1.82. The van der Waals surface area contributed by atoms with Crippen LogP contribution in [-0.2, 0) is 16.1 Å². The summed E-state index contributed by atoms with van der Waals surface area (Å²) in [6.45, 7) is 13.7. The molecule has 2 amide bonds. The molecular weight excluding hydrogens is 330 g/mol. The maximum atomic E-state index is 12.9. The van der Waals surface area contributed by atoms with Crippen molar-refractivity contribution in [2.45, 2.75) is 53.6 Å². The van der Waals surface area contributed by atoms with E-state index in [1.165, 1.54) is 0 Å². The van der Waals surface area contributed by atoms with Crippen molar-refractivity contribution in [1.29, 1.82) is 0 Å². The predicted molar refractivity (Wildman–Crippen MR) is 102 cm³/mol. The van der Waals surface area contributed by atoms with E-state index >= 15 is 0 Å². The highest BCUT2D eigenvalue weighted by molar-refractivity contribution is 5.88. The smallest absolute Gasteiger partial charge is 0.237 e. The third-order valence-corrected chi connectivity index (χ3v) is 4.49. The van der Waals surface area contributed by atoms with Gasteiger partial charge in [-0.2, -0.15) is 0 Å². The van der Waals surface area contributed by atoms with Gasteiger partial charge in [-0.25, -0.2) is 0 Å². The minimum atomic E-state index is -0.441. The van der Waals surface area contributed by atoms with Crippen molar-refractivity contribution >= 4 is 11.8 Å². The summed E-state index contributed by atoms with van der Waals surface area (Å²) in [6, 6.07) is 3.42. The lowest BCUT2D eigenvalue weighted by Crippen LogP contribution is -2.56. The van der Waals surface area contributed by atoms with E-state index in [-0.39, 0.29) is 18.2 Å². The number of carbonyl (C=O) groups excluding carboxylic acids is 2. The molecule has 1 saturated heterocycles. The monoisotopic (exact) mass is 363 g/mol. The third-order valence-electron chi connectivity index (χ3n) is 4.49. The second-order valence-corrected chi connectivity index (χ2v) is 8.08. The van der Waals surface area contributed by atoms with E-state index in [1.807, 2.05) is 24.0 Å². The van der Waals surface area contributed by atoms with Gasteiger partial charge in [-0.05, 0) is 30.9 Å². The molecule has 26 heavy (non-hydrogen) atoms. The van der Waals surface area contributed by atoms with Crippen LogP contribution in [0.4, 0.5) is 0 Å². The number of hydrogen-bond acceptors (Lipinski definition) is 4. The Bertz CT molecular complexity index is 599. The molecule has 1 aliphatic heterocycles. The SMILES string of the molecule is Cc1ccc(CN2CCNC(=O)[C@@H]2CC(=O)N(CC(C)C)CC(C)C)o1. The first kappa shape index (κ1) is 20.5. The third kappa shape index (κ3) is 5.87. The molecule has 0 radical (unpaired) electrons. The van der Waals surface area contributed by atoms with Crippen LogP contribution in [0, 0.1) is 18.8 Å². The van der Waals surface area contributed by atoms with Crippen molar-refractivity contribution in [2.75, 3.05) is 26.2 Å². The first-order chi connectivity index (χ1) is 12.3. The van der Waals surface area contributed by atoms with E-state index in [0.717, 1.165) is 31.2 Å². The van der Waals surface area contributed by atoms with Gasteiger partial charge in [0, 0.05) is 26.2 Å². The van der Waals surface area contributed by atoms with Gasteiger partial charge in [0.05, 0.1) is 19.0 Å². The lowest BCUT2D eigenvalue weighted by Gasteiger charge is -2.35. The van der Waals surface area contributed by atoms with Crippen LogP contribution in [-0.4, -0.2) is 53.8 Å². The fraction of sp³-hybridized carbons (Fsp3) is 0.700. The Morgan fingerprint density at radius 1 is 1.27 bits per heavy atom. The number of furan rings is 1. The Morgan fingerprint density at radius 2 is 1.92 bits per heavy atom. The van der Waals surface area contributed by atoms with Crippen molar-refractivity contribution in [3.63, 3.8) is 0 Å². The molecule has 1 aromatic rings. The maximum absolute atomic E-state index is 12.9. The van der Waals surface area contributed by atoms with Gasteiger partial charge < -0.3 is 14.6 Å². The molecule has 1 N–H and O–H groups in total. The van der Waals surface area contributed by atoms with Crippen LogP contribution in [0.3, 0.4) is 0 Å². The maximum Gasteiger partial charge on any atom is 0.237 e. The molecule has 1 aliphatic rings. The molecule has 0 saturated carbocycles. The van der Waals surface area contributed by atoms with Gasteiger partial charge in [-0.15, -0.1) is 0 Å². The summed E-state index contributed by atoms with van der Waals surface area (Å²) in [5.74, 6) is 2.47. The molecule has 1 fully saturated rings. The summed E-state index contributed by atoms with van der Waals surface area (Å²) in [5, 5.41) is 2.90. The first-order valence-electron chi connectivity index (χ1n) is 9.61. The number of aryl methyl sites for hydroxylation is 1. The Balaban J connectivity index is 2.07. The van der Waals surface area contributed by atoms with Gasteiger partial charge >= 0.3 is 0 Å². The van der Waals surface area contributed by atoms with Gasteiger partial charge in [0.25, 0.3) is 0 Å². The highest BCUT2D eigenvalue weighted by atomic mass is 16.3. The quantitative estimate of drug-likeness (QED) is 0.770. The highest BCUT2D eigenvalue weighted by Gasteiger charge is 2.33. The number of carbonyl (C=O) groups is 2. The normalized spacial score (nSPS) is 18.4. The molecule has 6 nitrogen and oxygen atoms in total. The average Bonchev–Trinajstić information content (AvgIpc) is 2.94. The molecule has 0 bridgehead atoms. The molecule has 2 rings (SSSR count). The topological polar surface area (TPSA) is 65.8 Å². The second kappa shape index (κ2) is 9.21. The minimum absolute atomic E-state index is 0.0510. The number of nitrogens with one attached hydrogen (secondary N) is 1. The fourth-order valence-electron chi connectivity index (χ4n) is 3.40. The molecule has 1 aromatic heterocycles. The van der Waals surface area contributed by atoms with Gasteiger partial charge in [-0.3, -0.25) is 14.5 Å². The van der Waals surface area contributed by atoms with E-state index < -0.39 is 6.04 Å². The minimum Gasteiger partial charge on any atom is -0.465 e. The van der Waals surface area contributed by atoms with Crippen molar-refractivity contribution in [1.82, 2.24) is 15.1 Å². The van der Waals surface area contributed by atoms with Crippen molar-refractivity contribution in [3.05, 3.63) is 23.7 Å². The van der Waals surface area contributed by atoms with Gasteiger partial charge in [0.2, 0.25) is 11.8 Å². The van der Waals surface area contributed by atoms with Crippen LogP contribution in [0.25, 0.3) is 0 Å². The second-order valence-electron chi connectivity index (χ2n) is 8.08. The zero-order valence-electron chi connectivity index (χ0n) is 16.7. The van der Waals surface area contributed by atoms with Crippen LogP contribution >= 0.6 is 0 Å². The van der Waals surface area contributed by atoms with E-state index in [0.29, 0.717) is 24.9 Å². The van der Waals surface area contributed by atoms with Crippen molar-refractivity contribution < 1.29 is 14.0 Å². The molecule has 0 aliphatic carbocycles. The predicted octanol–water partition coefficient (Wildman–Crippen LogP) is 2.42. The van der Waals surface area contributed by atoms with E-state index in [4.69, 9.17) is 4.42 Å². The Labute approximate surface area is 156 Å². The van der Waals surface area contributed by atoms with Gasteiger partial charge in [0.15, 0.2) is 0 Å². The number of rotatable bonds is 8. The fourth-order valence-corrected chi connectivity index (χ4v) is 3.40. The number of piperazine rings is 1. The molecular formula is C20H33N3O3. The van der Waals surface area contributed by atoms with E-state index in [2.05, 4.69) is 37.9 Å². The van der Waals surface area contributed by atoms with Crippen LogP contribution in [0.2, 0.25) is 0 Å².